The van der Waals surface area contributed by atoms with Crippen LogP contribution in [0.5, 0.6) is 0 Å². The first kappa shape index (κ1) is 14.8. The zero-order valence-corrected chi connectivity index (χ0v) is 10.9. The van der Waals surface area contributed by atoms with Gasteiger partial charge in [-0.2, -0.15) is 11.8 Å². The fourth-order valence-electron chi connectivity index (χ4n) is 1.52. The number of hydrogen-bond donors (Lipinski definition) is 4. The molecule has 1 rings (SSSR count). The summed E-state index contributed by atoms with van der Waals surface area (Å²) in [7, 11) is 0. The molecule has 0 bridgehead atoms. The summed E-state index contributed by atoms with van der Waals surface area (Å²) in [6.07, 6.45) is 2.25. The van der Waals surface area contributed by atoms with Crippen LogP contribution < -0.4 is 16.0 Å². The Morgan fingerprint density at radius 2 is 2.33 bits per heavy atom. The van der Waals surface area contributed by atoms with Crippen LogP contribution in [0.15, 0.2) is 0 Å². The smallest absolute Gasteiger partial charge is 0.326 e. The van der Waals surface area contributed by atoms with Crippen LogP contribution in [0.3, 0.4) is 0 Å². The van der Waals surface area contributed by atoms with Gasteiger partial charge < -0.3 is 15.7 Å². The van der Waals surface area contributed by atoms with E-state index in [0.717, 1.165) is 0 Å². The first-order valence-electron chi connectivity index (χ1n) is 5.56. The molecule has 18 heavy (non-hydrogen) atoms. The van der Waals surface area contributed by atoms with Crippen LogP contribution in [-0.4, -0.2) is 60.1 Å². The van der Waals surface area contributed by atoms with Crippen molar-refractivity contribution in [3.63, 3.8) is 0 Å². The Labute approximate surface area is 109 Å². The molecule has 102 valence electrons. The van der Waals surface area contributed by atoms with Gasteiger partial charge in [-0.15, -0.1) is 0 Å². The molecule has 1 saturated heterocycles. The van der Waals surface area contributed by atoms with Crippen molar-refractivity contribution in [1.29, 1.82) is 0 Å². The summed E-state index contributed by atoms with van der Waals surface area (Å²) < 4.78 is 0. The molecule has 1 aliphatic rings. The molecule has 2 atom stereocenters. The van der Waals surface area contributed by atoms with Crippen LogP contribution in [-0.2, 0) is 14.4 Å². The van der Waals surface area contributed by atoms with Gasteiger partial charge in [0, 0.05) is 6.54 Å². The first-order chi connectivity index (χ1) is 8.54. The van der Waals surface area contributed by atoms with Gasteiger partial charge in [-0.1, -0.05) is 0 Å². The number of rotatable bonds is 6. The van der Waals surface area contributed by atoms with Gasteiger partial charge in [0.05, 0.1) is 6.54 Å². The van der Waals surface area contributed by atoms with Crippen molar-refractivity contribution >= 4 is 29.5 Å². The lowest BCUT2D eigenvalue weighted by Crippen LogP contribution is -2.59. The van der Waals surface area contributed by atoms with Crippen LogP contribution in [0.4, 0.5) is 0 Å². The molecule has 0 saturated carbocycles. The van der Waals surface area contributed by atoms with E-state index in [9.17, 15) is 14.4 Å². The average Bonchev–Trinajstić information content (AvgIpc) is 2.34. The van der Waals surface area contributed by atoms with E-state index >= 15 is 0 Å². The maximum atomic E-state index is 11.8. The minimum Gasteiger partial charge on any atom is -0.480 e. The highest BCUT2D eigenvalue weighted by molar-refractivity contribution is 7.98. The van der Waals surface area contributed by atoms with Gasteiger partial charge in [-0.25, -0.2) is 4.79 Å². The van der Waals surface area contributed by atoms with E-state index in [1.54, 1.807) is 0 Å². The van der Waals surface area contributed by atoms with Crippen molar-refractivity contribution in [2.24, 2.45) is 0 Å². The number of carboxylic acids is 1. The number of thioether (sulfide) groups is 1. The minimum absolute atomic E-state index is 0.0701. The van der Waals surface area contributed by atoms with Gasteiger partial charge in [-0.3, -0.25) is 14.9 Å². The number of carbonyl (C=O) groups is 3. The zero-order valence-electron chi connectivity index (χ0n) is 10.1. The summed E-state index contributed by atoms with van der Waals surface area (Å²) in [6, 6.07) is -1.46. The van der Waals surface area contributed by atoms with Crippen molar-refractivity contribution in [1.82, 2.24) is 16.0 Å². The van der Waals surface area contributed by atoms with Gasteiger partial charge in [0.1, 0.15) is 12.1 Å². The van der Waals surface area contributed by atoms with E-state index in [2.05, 4.69) is 16.0 Å². The number of carbonyl (C=O) groups excluding carboxylic acids is 2. The maximum Gasteiger partial charge on any atom is 0.326 e. The molecule has 1 fully saturated rings. The summed E-state index contributed by atoms with van der Waals surface area (Å²) in [4.78, 5) is 33.7. The summed E-state index contributed by atoms with van der Waals surface area (Å²) in [5, 5.41) is 16.7. The predicted octanol–water partition coefficient (Wildman–Crippen LogP) is -1.60. The number of hydrogen-bond acceptors (Lipinski definition) is 5. The second kappa shape index (κ2) is 7.22. The Kier molecular flexibility index (Phi) is 5.93. The SMILES string of the molecule is CSCC[C@H](NC(=O)C1CNC(=O)CN1)C(=O)O. The molecule has 1 aliphatic heterocycles. The number of piperazine rings is 1. The van der Waals surface area contributed by atoms with Gasteiger partial charge in [0.15, 0.2) is 0 Å². The third kappa shape index (κ3) is 4.53. The summed E-state index contributed by atoms with van der Waals surface area (Å²) in [6.45, 7) is 0.250. The molecule has 4 N–H and O–H groups in total. The topological polar surface area (TPSA) is 108 Å². The van der Waals surface area contributed by atoms with Crippen LogP contribution in [0.2, 0.25) is 0 Å². The zero-order chi connectivity index (χ0) is 13.5. The molecule has 2 amide bonds. The summed E-state index contributed by atoms with van der Waals surface area (Å²) >= 11 is 1.52. The Hall–Kier alpha value is -1.28. The Bertz CT molecular complexity index is 327. The van der Waals surface area contributed by atoms with Crippen molar-refractivity contribution in [3.05, 3.63) is 0 Å². The highest BCUT2D eigenvalue weighted by Gasteiger charge is 2.27. The molecule has 0 aromatic rings. The molecular weight excluding hydrogens is 258 g/mol. The Balaban J connectivity index is 2.45. The van der Waals surface area contributed by atoms with E-state index in [4.69, 9.17) is 5.11 Å². The van der Waals surface area contributed by atoms with E-state index in [1.807, 2.05) is 6.26 Å². The second-order valence-corrected chi connectivity index (χ2v) is 4.90. The monoisotopic (exact) mass is 275 g/mol. The van der Waals surface area contributed by atoms with Crippen LogP contribution in [0, 0.1) is 0 Å². The van der Waals surface area contributed by atoms with Crippen molar-refractivity contribution in [3.8, 4) is 0 Å². The van der Waals surface area contributed by atoms with Crippen LogP contribution >= 0.6 is 11.8 Å². The predicted molar refractivity (Wildman–Crippen MR) is 67.4 cm³/mol. The van der Waals surface area contributed by atoms with Crippen molar-refractivity contribution in [2.75, 3.05) is 25.1 Å². The molecule has 0 radical (unpaired) electrons. The van der Waals surface area contributed by atoms with Gasteiger partial charge in [0.25, 0.3) is 0 Å². The van der Waals surface area contributed by atoms with Gasteiger partial charge >= 0.3 is 5.97 Å². The fourth-order valence-corrected chi connectivity index (χ4v) is 1.99. The molecular formula is C10H17N3O4S. The highest BCUT2D eigenvalue weighted by atomic mass is 32.2. The largest absolute Gasteiger partial charge is 0.480 e. The first-order valence-corrected chi connectivity index (χ1v) is 6.96. The van der Waals surface area contributed by atoms with Gasteiger partial charge in [0.2, 0.25) is 11.8 Å². The molecule has 8 heteroatoms. The molecule has 0 spiro atoms. The number of aliphatic carboxylic acids is 1. The highest BCUT2D eigenvalue weighted by Crippen LogP contribution is 2.02. The number of nitrogens with one attached hydrogen (secondary N) is 3. The molecule has 1 unspecified atom stereocenters. The van der Waals surface area contributed by atoms with Crippen LogP contribution in [0.1, 0.15) is 6.42 Å². The standard InChI is InChI=1S/C10H17N3O4S/c1-18-3-2-6(10(16)17)13-9(15)7-4-12-8(14)5-11-7/h6-7,11H,2-5H2,1H3,(H,12,14)(H,13,15)(H,16,17)/t6-,7?/m0/s1. The lowest BCUT2D eigenvalue weighted by molar-refractivity contribution is -0.142. The minimum atomic E-state index is -1.04. The number of carboxylic acid groups (broad SMARTS) is 1. The summed E-state index contributed by atoms with van der Waals surface area (Å²) in [5.41, 5.74) is 0. The average molecular weight is 275 g/mol. The third-order valence-electron chi connectivity index (χ3n) is 2.55. The molecule has 7 nitrogen and oxygen atoms in total. The molecule has 1 heterocycles. The van der Waals surface area contributed by atoms with Crippen LogP contribution in [0.25, 0.3) is 0 Å². The summed E-state index contributed by atoms with van der Waals surface area (Å²) in [5.74, 6) is -0.955. The molecule has 0 aromatic heterocycles. The molecule has 0 aromatic carbocycles. The Morgan fingerprint density at radius 1 is 1.61 bits per heavy atom. The number of amides is 2. The lowest BCUT2D eigenvalue weighted by Gasteiger charge is -2.24. The maximum absolute atomic E-state index is 11.8. The van der Waals surface area contributed by atoms with E-state index in [-0.39, 0.29) is 19.0 Å². The normalized spacial score (nSPS) is 20.9. The van der Waals surface area contributed by atoms with E-state index < -0.39 is 24.0 Å². The van der Waals surface area contributed by atoms with Crippen molar-refractivity contribution in [2.45, 2.75) is 18.5 Å². The third-order valence-corrected chi connectivity index (χ3v) is 3.20. The Morgan fingerprint density at radius 3 is 2.83 bits per heavy atom. The lowest BCUT2D eigenvalue weighted by atomic mass is 10.1. The van der Waals surface area contributed by atoms with Gasteiger partial charge in [-0.05, 0) is 18.4 Å². The van der Waals surface area contributed by atoms with E-state index in [1.165, 1.54) is 11.8 Å². The quantitative estimate of drug-likeness (QED) is 0.465. The fraction of sp³-hybridized carbons (Fsp3) is 0.700. The van der Waals surface area contributed by atoms with E-state index in [0.29, 0.717) is 12.2 Å². The molecule has 0 aliphatic carbocycles. The van der Waals surface area contributed by atoms with Crippen molar-refractivity contribution < 1.29 is 19.5 Å². The second-order valence-electron chi connectivity index (χ2n) is 3.92.